The van der Waals surface area contributed by atoms with Gasteiger partial charge in [-0.3, -0.25) is 9.59 Å². The van der Waals surface area contributed by atoms with Crippen molar-refractivity contribution >= 4 is 17.7 Å². The summed E-state index contributed by atoms with van der Waals surface area (Å²) in [6.07, 6.45) is 2.47. The molecule has 3 fully saturated rings. The van der Waals surface area contributed by atoms with Crippen LogP contribution in [0.5, 0.6) is 0 Å². The zero-order valence-corrected chi connectivity index (χ0v) is 19.5. The van der Waals surface area contributed by atoms with Crippen LogP contribution in [0.25, 0.3) is 0 Å². The van der Waals surface area contributed by atoms with E-state index in [0.29, 0.717) is 18.4 Å². The van der Waals surface area contributed by atoms with Crippen molar-refractivity contribution in [3.63, 3.8) is 0 Å². The Morgan fingerprint density at radius 2 is 1.34 bits per heavy atom. The Morgan fingerprint density at radius 3 is 1.89 bits per heavy atom. The molecule has 0 aromatic heterocycles. The lowest BCUT2D eigenvalue weighted by Gasteiger charge is -2.54. The van der Waals surface area contributed by atoms with Gasteiger partial charge in [-0.1, -0.05) is 91.0 Å². The van der Waals surface area contributed by atoms with Gasteiger partial charge >= 0.3 is 5.97 Å². The summed E-state index contributed by atoms with van der Waals surface area (Å²) in [5.74, 6) is -1.96. The summed E-state index contributed by atoms with van der Waals surface area (Å²) >= 11 is 0. The van der Waals surface area contributed by atoms with Crippen molar-refractivity contribution in [3.8, 4) is 0 Å². The van der Waals surface area contributed by atoms with E-state index < -0.39 is 17.9 Å². The minimum absolute atomic E-state index is 0.0385. The van der Waals surface area contributed by atoms with E-state index in [2.05, 4.69) is 0 Å². The number of piperidine rings is 2. The van der Waals surface area contributed by atoms with Gasteiger partial charge < -0.3 is 10.0 Å². The molecule has 0 radical (unpaired) electrons. The maximum absolute atomic E-state index is 14.1. The average molecular weight is 468 g/mol. The molecule has 35 heavy (non-hydrogen) atoms. The van der Waals surface area contributed by atoms with Gasteiger partial charge in [0.15, 0.2) is 5.78 Å². The minimum Gasteiger partial charge on any atom is -0.480 e. The Morgan fingerprint density at radius 1 is 0.800 bits per heavy atom. The summed E-state index contributed by atoms with van der Waals surface area (Å²) in [7, 11) is 0. The Hall–Kier alpha value is -3.73. The molecule has 1 saturated carbocycles. The van der Waals surface area contributed by atoms with Gasteiger partial charge in [-0.2, -0.15) is 0 Å². The highest BCUT2D eigenvalue weighted by molar-refractivity contribution is 5.96. The average Bonchev–Trinajstić information content (AvgIpc) is 2.90. The van der Waals surface area contributed by atoms with Crippen LogP contribution in [0.3, 0.4) is 0 Å². The molecule has 2 bridgehead atoms. The number of rotatable bonds is 7. The number of nitrogens with zero attached hydrogens (tertiary/aromatic N) is 1. The molecule has 3 aliphatic rings. The van der Waals surface area contributed by atoms with E-state index in [-0.39, 0.29) is 29.6 Å². The monoisotopic (exact) mass is 467 g/mol. The highest BCUT2D eigenvalue weighted by atomic mass is 16.4. The van der Waals surface area contributed by atoms with Crippen molar-refractivity contribution in [1.82, 2.24) is 4.90 Å². The lowest BCUT2D eigenvalue weighted by atomic mass is 9.65. The smallest absolute Gasteiger partial charge is 0.326 e. The van der Waals surface area contributed by atoms with Crippen LogP contribution in [0.2, 0.25) is 0 Å². The summed E-state index contributed by atoms with van der Waals surface area (Å²) in [5.41, 5.74) is 2.36. The summed E-state index contributed by atoms with van der Waals surface area (Å²) in [6, 6.07) is 27.2. The molecule has 3 aromatic carbocycles. The van der Waals surface area contributed by atoms with Crippen LogP contribution in [0.15, 0.2) is 91.0 Å². The van der Waals surface area contributed by atoms with Crippen molar-refractivity contribution in [2.75, 3.05) is 0 Å². The number of Topliss-reactive ketones (excluding diaryl/α,β-unsaturated/α-hetero) is 1. The van der Waals surface area contributed by atoms with Crippen LogP contribution in [0.1, 0.15) is 53.1 Å². The number of aliphatic carboxylic acids is 1. The first-order valence-electron chi connectivity index (χ1n) is 12.3. The van der Waals surface area contributed by atoms with E-state index in [0.717, 1.165) is 24.0 Å². The molecule has 1 aliphatic carbocycles. The maximum Gasteiger partial charge on any atom is 0.326 e. The predicted octanol–water partition coefficient (Wildman–Crippen LogP) is 5.17. The minimum atomic E-state index is -0.982. The van der Waals surface area contributed by atoms with Crippen LogP contribution in [0.4, 0.5) is 0 Å². The van der Waals surface area contributed by atoms with Crippen molar-refractivity contribution in [1.29, 1.82) is 0 Å². The first kappa shape index (κ1) is 23.0. The van der Waals surface area contributed by atoms with Crippen LogP contribution < -0.4 is 0 Å². The molecule has 5 heteroatoms. The number of carbonyl (C=O) groups excluding carboxylic acids is 2. The van der Waals surface area contributed by atoms with Crippen molar-refractivity contribution in [3.05, 3.63) is 108 Å². The fourth-order valence-electron chi connectivity index (χ4n) is 6.12. The second-order valence-corrected chi connectivity index (χ2v) is 9.67. The lowest BCUT2D eigenvalue weighted by Crippen LogP contribution is -2.64. The SMILES string of the molecule is O=C(CC1C[C@@H]2CC[C@H]1[C@@H](C(=O)O)N2C(=O)C(c1ccccc1)c1ccccc1)c1ccccc1. The molecule has 4 atom stereocenters. The van der Waals surface area contributed by atoms with E-state index >= 15 is 0 Å². The van der Waals surface area contributed by atoms with E-state index in [1.54, 1.807) is 17.0 Å². The number of fused-ring (bicyclic) bond motifs is 3. The van der Waals surface area contributed by atoms with Gasteiger partial charge in [-0.25, -0.2) is 4.79 Å². The third-order valence-electron chi connectivity index (χ3n) is 7.68. The standard InChI is InChI=1S/C30H29NO4/c32-26(20-10-4-1-5-11-20)19-23-18-24-16-17-25(23)28(30(34)35)31(24)29(33)27(21-12-6-2-7-13-21)22-14-8-3-9-15-22/h1-15,23-25,27-28H,16-19H2,(H,34,35)/t23?,24-,25+,28-/m0/s1. The highest BCUT2D eigenvalue weighted by Gasteiger charge is 2.53. The van der Waals surface area contributed by atoms with Gasteiger partial charge in [-0.15, -0.1) is 0 Å². The number of hydrogen-bond donors (Lipinski definition) is 1. The van der Waals surface area contributed by atoms with Crippen molar-refractivity contribution in [2.24, 2.45) is 11.8 Å². The summed E-state index contributed by atoms with van der Waals surface area (Å²) in [4.78, 5) is 41.3. The van der Waals surface area contributed by atoms with Crippen molar-refractivity contribution in [2.45, 2.75) is 43.7 Å². The van der Waals surface area contributed by atoms with Gasteiger partial charge in [0.2, 0.25) is 5.91 Å². The first-order chi connectivity index (χ1) is 17.0. The highest BCUT2D eigenvalue weighted by Crippen LogP contribution is 2.47. The van der Waals surface area contributed by atoms with E-state index in [4.69, 9.17) is 0 Å². The maximum atomic E-state index is 14.1. The predicted molar refractivity (Wildman–Crippen MR) is 133 cm³/mol. The largest absolute Gasteiger partial charge is 0.480 e. The fraction of sp³-hybridized carbons (Fsp3) is 0.300. The lowest BCUT2D eigenvalue weighted by molar-refractivity contribution is -0.167. The Balaban J connectivity index is 1.45. The zero-order valence-electron chi connectivity index (χ0n) is 19.5. The number of amides is 1. The van der Waals surface area contributed by atoms with Gasteiger partial charge in [-0.05, 0) is 42.2 Å². The van der Waals surface area contributed by atoms with E-state index in [1.807, 2.05) is 78.9 Å². The molecule has 3 aromatic rings. The third-order valence-corrected chi connectivity index (χ3v) is 7.68. The van der Waals surface area contributed by atoms with E-state index in [9.17, 15) is 19.5 Å². The molecule has 2 saturated heterocycles. The number of benzene rings is 3. The Labute approximate surface area is 205 Å². The van der Waals surface area contributed by atoms with Crippen molar-refractivity contribution < 1.29 is 19.5 Å². The molecule has 5 nitrogen and oxygen atoms in total. The first-order valence-corrected chi connectivity index (χ1v) is 12.3. The van der Waals surface area contributed by atoms with Gasteiger partial charge in [0.1, 0.15) is 6.04 Å². The Bertz CT molecular complexity index is 1160. The molecule has 1 N–H and O–H groups in total. The molecular formula is C30H29NO4. The summed E-state index contributed by atoms with van der Waals surface area (Å²) in [6.45, 7) is 0. The molecular weight excluding hydrogens is 438 g/mol. The number of ketones is 1. The molecule has 6 rings (SSSR count). The van der Waals surface area contributed by atoms with Gasteiger partial charge in [0, 0.05) is 18.0 Å². The van der Waals surface area contributed by atoms with Gasteiger partial charge in [0.05, 0.1) is 5.92 Å². The third kappa shape index (κ3) is 4.51. The molecule has 2 heterocycles. The number of carboxylic acids is 1. The molecule has 0 spiro atoms. The summed E-state index contributed by atoms with van der Waals surface area (Å²) in [5, 5.41) is 10.3. The van der Waals surface area contributed by atoms with Crippen LogP contribution in [0, 0.1) is 11.8 Å². The second kappa shape index (κ2) is 9.87. The topological polar surface area (TPSA) is 74.7 Å². The zero-order chi connectivity index (χ0) is 24.4. The number of hydrogen-bond acceptors (Lipinski definition) is 3. The van der Waals surface area contributed by atoms with Crippen LogP contribution in [-0.4, -0.2) is 39.7 Å². The normalized spacial score (nSPS) is 23.3. The summed E-state index contributed by atoms with van der Waals surface area (Å²) < 4.78 is 0. The number of carbonyl (C=O) groups is 3. The fourth-order valence-corrected chi connectivity index (χ4v) is 6.12. The van der Waals surface area contributed by atoms with E-state index in [1.165, 1.54) is 0 Å². The van der Waals surface area contributed by atoms with Crippen LogP contribution in [-0.2, 0) is 9.59 Å². The molecule has 1 amide bonds. The second-order valence-electron chi connectivity index (χ2n) is 9.67. The molecule has 178 valence electrons. The number of carboxylic acid groups (broad SMARTS) is 1. The molecule has 1 unspecified atom stereocenters. The van der Waals surface area contributed by atoms with Gasteiger partial charge in [0.25, 0.3) is 0 Å². The van der Waals surface area contributed by atoms with Crippen LogP contribution >= 0.6 is 0 Å². The quantitative estimate of drug-likeness (QED) is 0.487. The molecule has 2 aliphatic heterocycles. The Kier molecular flexibility index (Phi) is 6.49.